The van der Waals surface area contributed by atoms with Gasteiger partial charge in [-0.25, -0.2) is 0 Å². The van der Waals surface area contributed by atoms with E-state index in [9.17, 15) is 9.90 Å². The highest BCUT2D eigenvalue weighted by Crippen LogP contribution is 2.35. The maximum atomic E-state index is 12.2. The highest BCUT2D eigenvalue weighted by Gasteiger charge is 2.48. The summed E-state index contributed by atoms with van der Waals surface area (Å²) in [5.74, 6) is -0.0582. The minimum absolute atomic E-state index is 0.0582. The number of aromatic amines is 1. The fourth-order valence-electron chi connectivity index (χ4n) is 4.97. The summed E-state index contributed by atoms with van der Waals surface area (Å²) in [4.78, 5) is 19.9. The van der Waals surface area contributed by atoms with E-state index in [4.69, 9.17) is 25.8 Å². The zero-order valence-corrected chi connectivity index (χ0v) is 21.6. The normalized spacial score (nSPS) is 22.5. The summed E-state index contributed by atoms with van der Waals surface area (Å²) in [6.07, 6.45) is -0.754. The molecule has 3 heterocycles. The van der Waals surface area contributed by atoms with Crippen LogP contribution < -0.4 is 10.1 Å². The maximum absolute atomic E-state index is 12.2. The molecule has 38 heavy (non-hydrogen) atoms. The molecule has 0 saturated carbocycles. The summed E-state index contributed by atoms with van der Waals surface area (Å²) in [5, 5.41) is 13.4. The molecule has 4 atom stereocenters. The Morgan fingerprint density at radius 3 is 2.47 bits per heavy atom. The van der Waals surface area contributed by atoms with E-state index in [-0.39, 0.29) is 30.8 Å². The monoisotopic (exact) mass is 533 g/mol. The second-order valence-corrected chi connectivity index (χ2v) is 10.0. The molecular formula is C29H28ClN3O5. The van der Waals surface area contributed by atoms with Crippen LogP contribution in [0.4, 0.5) is 0 Å². The average molecular weight is 534 g/mol. The van der Waals surface area contributed by atoms with Crippen molar-refractivity contribution in [2.75, 3.05) is 19.8 Å². The number of carbonyl (C=O) groups is 1. The Bertz CT molecular complexity index is 1450. The van der Waals surface area contributed by atoms with Gasteiger partial charge in [0.1, 0.15) is 18.3 Å². The van der Waals surface area contributed by atoms with Crippen molar-refractivity contribution in [3.05, 3.63) is 71.2 Å². The third-order valence-corrected chi connectivity index (χ3v) is 7.32. The van der Waals surface area contributed by atoms with Gasteiger partial charge in [0.25, 0.3) is 11.9 Å². The molecular weight excluding hydrogens is 506 g/mol. The number of aliphatic hydroxyl groups is 1. The first-order valence-electron chi connectivity index (χ1n) is 12.8. The minimum Gasteiger partial charge on any atom is -0.456 e. The summed E-state index contributed by atoms with van der Waals surface area (Å²) in [6, 6.07) is 19.8. The van der Waals surface area contributed by atoms with Crippen molar-refractivity contribution in [3.63, 3.8) is 0 Å². The number of aromatic nitrogens is 2. The lowest BCUT2D eigenvalue weighted by molar-refractivity contribution is 0.00706. The maximum Gasteiger partial charge on any atom is 0.295 e. The number of H-pyrrole nitrogens is 1. The zero-order valence-electron chi connectivity index (χ0n) is 20.8. The molecule has 6 rings (SSSR count). The van der Waals surface area contributed by atoms with Crippen molar-refractivity contribution in [2.45, 2.75) is 37.8 Å². The van der Waals surface area contributed by atoms with E-state index in [0.717, 1.165) is 39.7 Å². The van der Waals surface area contributed by atoms with E-state index in [2.05, 4.69) is 15.3 Å². The standard InChI is InChI=1S/C29H28ClN3O5/c1-2-11-31-28(35)19-9-5-17(6-10-19)16-3-7-18(8-4-16)20-12-22-23(13-21(20)30)33-29(32-22)38-25-15-37-26-24(34)14-36-27(25)26/h3-10,12-13,24-27,34H,2,11,14-15H2,1H3,(H,31,35)(H,32,33). The number of nitrogens with one attached hydrogen (secondary N) is 2. The van der Waals surface area contributed by atoms with Crippen molar-refractivity contribution in [1.29, 1.82) is 0 Å². The fourth-order valence-corrected chi connectivity index (χ4v) is 5.24. The molecule has 0 spiro atoms. The molecule has 8 nitrogen and oxygen atoms in total. The first-order chi connectivity index (χ1) is 18.5. The Morgan fingerprint density at radius 2 is 1.74 bits per heavy atom. The van der Waals surface area contributed by atoms with Crippen LogP contribution in [-0.4, -0.2) is 65.2 Å². The summed E-state index contributed by atoms with van der Waals surface area (Å²) in [7, 11) is 0. The number of hydrogen-bond donors (Lipinski definition) is 3. The molecule has 3 aromatic carbocycles. The van der Waals surface area contributed by atoms with Gasteiger partial charge in [-0.2, -0.15) is 4.98 Å². The predicted octanol–water partition coefficient (Wildman–Crippen LogP) is 4.60. The molecule has 2 saturated heterocycles. The second kappa shape index (κ2) is 10.4. The largest absolute Gasteiger partial charge is 0.456 e. The topological polar surface area (TPSA) is 106 Å². The Labute approximate surface area is 224 Å². The number of hydrogen-bond acceptors (Lipinski definition) is 6. The van der Waals surface area contributed by atoms with Crippen LogP contribution in [0.2, 0.25) is 5.02 Å². The van der Waals surface area contributed by atoms with Crippen molar-refractivity contribution < 1.29 is 24.1 Å². The second-order valence-electron chi connectivity index (χ2n) is 9.62. The first kappa shape index (κ1) is 24.9. The molecule has 3 N–H and O–H groups in total. The molecule has 1 aromatic heterocycles. The van der Waals surface area contributed by atoms with Crippen molar-refractivity contribution in [3.8, 4) is 28.3 Å². The molecule has 196 valence electrons. The van der Waals surface area contributed by atoms with Crippen LogP contribution in [-0.2, 0) is 9.47 Å². The predicted molar refractivity (Wildman–Crippen MR) is 145 cm³/mol. The number of fused-ring (bicyclic) bond motifs is 2. The Morgan fingerprint density at radius 1 is 1.05 bits per heavy atom. The number of imidazole rings is 1. The molecule has 0 bridgehead atoms. The van der Waals surface area contributed by atoms with E-state index >= 15 is 0 Å². The molecule has 0 aliphatic carbocycles. The van der Waals surface area contributed by atoms with Gasteiger partial charge in [0.2, 0.25) is 0 Å². The number of halogens is 1. The van der Waals surface area contributed by atoms with E-state index in [1.54, 1.807) is 0 Å². The SMILES string of the molecule is CCCNC(=O)c1ccc(-c2ccc(-c3cc4nc(OC5COC6C(O)COC56)[nH]c4cc3Cl)cc2)cc1. The van der Waals surface area contributed by atoms with E-state index in [1.165, 1.54) is 0 Å². The highest BCUT2D eigenvalue weighted by atomic mass is 35.5. The van der Waals surface area contributed by atoms with Crippen LogP contribution in [0.25, 0.3) is 33.3 Å². The van der Waals surface area contributed by atoms with Crippen LogP contribution in [0.3, 0.4) is 0 Å². The minimum atomic E-state index is -0.631. The number of carbonyl (C=O) groups excluding carboxylic acids is 1. The number of amides is 1. The van der Waals surface area contributed by atoms with E-state index in [1.807, 2.05) is 67.6 Å². The summed E-state index contributed by atoms with van der Waals surface area (Å²) < 4.78 is 17.3. The van der Waals surface area contributed by atoms with Crippen LogP contribution in [0.5, 0.6) is 6.01 Å². The summed E-state index contributed by atoms with van der Waals surface area (Å²) in [6.45, 7) is 3.27. The smallest absolute Gasteiger partial charge is 0.295 e. The van der Waals surface area contributed by atoms with E-state index < -0.39 is 6.10 Å². The van der Waals surface area contributed by atoms with Gasteiger partial charge >= 0.3 is 0 Å². The first-order valence-corrected chi connectivity index (χ1v) is 13.1. The number of aliphatic hydroxyl groups excluding tert-OH is 1. The molecule has 2 fully saturated rings. The summed E-state index contributed by atoms with van der Waals surface area (Å²) >= 11 is 6.65. The number of benzene rings is 3. The lowest BCUT2D eigenvalue weighted by Crippen LogP contribution is -2.34. The lowest BCUT2D eigenvalue weighted by atomic mass is 9.99. The molecule has 9 heteroatoms. The third-order valence-electron chi connectivity index (χ3n) is 7.01. The highest BCUT2D eigenvalue weighted by molar-refractivity contribution is 6.34. The van der Waals surface area contributed by atoms with E-state index in [0.29, 0.717) is 29.7 Å². The Hall–Kier alpha value is -3.43. The average Bonchev–Trinajstić information content (AvgIpc) is 3.63. The van der Waals surface area contributed by atoms with Gasteiger partial charge < -0.3 is 29.6 Å². The van der Waals surface area contributed by atoms with Gasteiger partial charge in [-0.3, -0.25) is 4.79 Å². The molecule has 0 radical (unpaired) electrons. The number of ether oxygens (including phenoxy) is 3. The van der Waals surface area contributed by atoms with Gasteiger partial charge in [-0.05, 0) is 47.4 Å². The molecule has 4 unspecified atom stereocenters. The van der Waals surface area contributed by atoms with Gasteiger partial charge in [0, 0.05) is 17.7 Å². The lowest BCUT2D eigenvalue weighted by Gasteiger charge is -2.15. The molecule has 2 aliphatic rings. The van der Waals surface area contributed by atoms with Crippen LogP contribution in [0, 0.1) is 0 Å². The third kappa shape index (κ3) is 4.76. The van der Waals surface area contributed by atoms with Crippen LogP contribution in [0.15, 0.2) is 60.7 Å². The summed E-state index contributed by atoms with van der Waals surface area (Å²) in [5.41, 5.74) is 6.02. The van der Waals surface area contributed by atoms with Crippen LogP contribution >= 0.6 is 11.6 Å². The molecule has 2 aliphatic heterocycles. The van der Waals surface area contributed by atoms with Gasteiger partial charge in [0.05, 0.1) is 29.3 Å². The fraction of sp³-hybridized carbons (Fsp3) is 0.310. The van der Waals surface area contributed by atoms with Gasteiger partial charge in [-0.15, -0.1) is 0 Å². The Balaban J connectivity index is 1.18. The van der Waals surface area contributed by atoms with Crippen molar-refractivity contribution in [2.24, 2.45) is 0 Å². The zero-order chi connectivity index (χ0) is 26.2. The number of rotatable bonds is 7. The molecule has 1 amide bonds. The van der Waals surface area contributed by atoms with Gasteiger partial charge in [0.15, 0.2) is 6.10 Å². The number of nitrogens with zero attached hydrogens (tertiary/aromatic N) is 1. The van der Waals surface area contributed by atoms with Gasteiger partial charge in [-0.1, -0.05) is 54.9 Å². The Kier molecular flexibility index (Phi) is 6.80. The van der Waals surface area contributed by atoms with Crippen molar-refractivity contribution in [1.82, 2.24) is 15.3 Å². The van der Waals surface area contributed by atoms with Crippen molar-refractivity contribution >= 4 is 28.5 Å². The van der Waals surface area contributed by atoms with Crippen LogP contribution in [0.1, 0.15) is 23.7 Å². The molecule has 4 aromatic rings. The quantitative estimate of drug-likeness (QED) is 0.321.